The van der Waals surface area contributed by atoms with Crippen LogP contribution in [0.25, 0.3) is 0 Å². The zero-order chi connectivity index (χ0) is 14.7. The van der Waals surface area contributed by atoms with E-state index in [0.29, 0.717) is 17.4 Å². The van der Waals surface area contributed by atoms with Gasteiger partial charge < -0.3 is 10.5 Å². The summed E-state index contributed by atoms with van der Waals surface area (Å²) in [5.41, 5.74) is 10.5. The van der Waals surface area contributed by atoms with Crippen molar-refractivity contribution in [1.82, 2.24) is 0 Å². The Morgan fingerprint density at radius 1 is 1.15 bits per heavy atom. The van der Waals surface area contributed by atoms with Crippen LogP contribution in [0.3, 0.4) is 0 Å². The van der Waals surface area contributed by atoms with E-state index in [1.807, 2.05) is 25.1 Å². The molecular formula is C17H20ClNO. The summed E-state index contributed by atoms with van der Waals surface area (Å²) in [6, 6.07) is 11.9. The molecule has 0 bridgehead atoms. The molecule has 0 spiro atoms. The summed E-state index contributed by atoms with van der Waals surface area (Å²) in [6.45, 7) is 6.64. The van der Waals surface area contributed by atoms with Gasteiger partial charge in [0.25, 0.3) is 0 Å². The summed E-state index contributed by atoms with van der Waals surface area (Å²) >= 11 is 6.24. The number of nitrogens with two attached hydrogens (primary N) is 1. The Balaban J connectivity index is 2.15. The quantitative estimate of drug-likeness (QED) is 0.896. The van der Waals surface area contributed by atoms with Crippen molar-refractivity contribution in [1.29, 1.82) is 0 Å². The molecule has 0 amide bonds. The van der Waals surface area contributed by atoms with Crippen LogP contribution in [0.4, 0.5) is 0 Å². The third-order valence-electron chi connectivity index (χ3n) is 3.50. The molecule has 0 saturated carbocycles. The van der Waals surface area contributed by atoms with Gasteiger partial charge in [-0.15, -0.1) is 0 Å². The van der Waals surface area contributed by atoms with Crippen molar-refractivity contribution in [2.45, 2.75) is 33.4 Å². The fourth-order valence-corrected chi connectivity index (χ4v) is 2.39. The molecule has 1 atom stereocenters. The maximum Gasteiger partial charge on any atom is 0.138 e. The van der Waals surface area contributed by atoms with Crippen LogP contribution in [0.1, 0.15) is 35.2 Å². The van der Waals surface area contributed by atoms with Crippen LogP contribution in [-0.2, 0) is 6.61 Å². The molecule has 0 fully saturated rings. The summed E-state index contributed by atoms with van der Waals surface area (Å²) in [5, 5.41) is 0.603. The normalized spacial score (nSPS) is 12.2. The zero-order valence-electron chi connectivity index (χ0n) is 12.1. The molecule has 0 aliphatic rings. The maximum atomic E-state index is 6.24. The Labute approximate surface area is 125 Å². The average molecular weight is 290 g/mol. The van der Waals surface area contributed by atoms with Gasteiger partial charge in [0.05, 0.1) is 5.02 Å². The SMILES string of the molecule is Cc1cccc(C)c1COc1ccc([C@@H](C)N)cc1Cl. The predicted molar refractivity (Wildman–Crippen MR) is 84.3 cm³/mol. The van der Waals surface area contributed by atoms with Crippen molar-refractivity contribution >= 4 is 11.6 Å². The molecule has 3 heteroatoms. The van der Waals surface area contributed by atoms with E-state index in [0.717, 1.165) is 5.56 Å². The Hall–Kier alpha value is -1.51. The number of halogens is 1. The lowest BCUT2D eigenvalue weighted by molar-refractivity contribution is 0.304. The molecule has 0 aliphatic heterocycles. The number of aryl methyl sites for hydroxylation is 2. The second-order valence-corrected chi connectivity index (χ2v) is 5.54. The van der Waals surface area contributed by atoms with Gasteiger partial charge in [-0.1, -0.05) is 35.9 Å². The molecule has 2 aromatic rings. The lowest BCUT2D eigenvalue weighted by atomic mass is 10.0. The predicted octanol–water partition coefficient (Wildman–Crippen LogP) is 4.56. The number of benzene rings is 2. The van der Waals surface area contributed by atoms with Gasteiger partial charge in [0.2, 0.25) is 0 Å². The summed E-state index contributed by atoms with van der Waals surface area (Å²) in [5.74, 6) is 0.693. The highest BCUT2D eigenvalue weighted by atomic mass is 35.5. The summed E-state index contributed by atoms with van der Waals surface area (Å²) < 4.78 is 5.85. The Bertz CT molecular complexity index is 588. The van der Waals surface area contributed by atoms with Gasteiger partial charge in [-0.3, -0.25) is 0 Å². The highest BCUT2D eigenvalue weighted by Gasteiger charge is 2.08. The topological polar surface area (TPSA) is 35.2 Å². The zero-order valence-corrected chi connectivity index (χ0v) is 12.9. The summed E-state index contributed by atoms with van der Waals surface area (Å²) in [6.07, 6.45) is 0. The molecule has 2 N–H and O–H groups in total. The minimum Gasteiger partial charge on any atom is -0.487 e. The first-order valence-electron chi connectivity index (χ1n) is 6.72. The largest absolute Gasteiger partial charge is 0.487 e. The fourth-order valence-electron chi connectivity index (χ4n) is 2.14. The number of hydrogen-bond acceptors (Lipinski definition) is 2. The van der Waals surface area contributed by atoms with E-state index in [4.69, 9.17) is 22.1 Å². The summed E-state index contributed by atoms with van der Waals surface area (Å²) in [7, 11) is 0. The second-order valence-electron chi connectivity index (χ2n) is 5.14. The van der Waals surface area contributed by atoms with E-state index in [9.17, 15) is 0 Å². The van der Waals surface area contributed by atoms with Crippen molar-refractivity contribution in [2.75, 3.05) is 0 Å². The minimum atomic E-state index is -0.0276. The van der Waals surface area contributed by atoms with E-state index in [1.54, 1.807) is 0 Å². The Morgan fingerprint density at radius 3 is 2.35 bits per heavy atom. The van der Waals surface area contributed by atoms with Gasteiger partial charge in [0, 0.05) is 6.04 Å². The average Bonchev–Trinajstić information content (AvgIpc) is 2.39. The minimum absolute atomic E-state index is 0.0276. The van der Waals surface area contributed by atoms with Crippen LogP contribution in [0.15, 0.2) is 36.4 Å². The molecule has 106 valence electrons. The van der Waals surface area contributed by atoms with Gasteiger partial charge in [0.1, 0.15) is 12.4 Å². The molecule has 20 heavy (non-hydrogen) atoms. The molecule has 0 aromatic heterocycles. The van der Waals surface area contributed by atoms with Crippen molar-refractivity contribution in [3.8, 4) is 5.75 Å². The number of hydrogen-bond donors (Lipinski definition) is 1. The van der Waals surface area contributed by atoms with Crippen LogP contribution >= 0.6 is 11.6 Å². The van der Waals surface area contributed by atoms with E-state index in [-0.39, 0.29) is 6.04 Å². The standard InChI is InChI=1S/C17H20ClNO/c1-11-5-4-6-12(2)15(11)10-20-17-8-7-14(13(3)19)9-16(17)18/h4-9,13H,10,19H2,1-3H3/t13-/m1/s1. The molecule has 2 nitrogen and oxygen atoms in total. The first-order valence-corrected chi connectivity index (χ1v) is 7.09. The second kappa shape index (κ2) is 6.29. The lowest BCUT2D eigenvalue weighted by Crippen LogP contribution is -2.05. The molecule has 2 aromatic carbocycles. The van der Waals surface area contributed by atoms with Gasteiger partial charge >= 0.3 is 0 Å². The van der Waals surface area contributed by atoms with E-state index in [2.05, 4.69) is 32.0 Å². The van der Waals surface area contributed by atoms with Crippen molar-refractivity contribution < 1.29 is 4.74 Å². The Morgan fingerprint density at radius 2 is 1.80 bits per heavy atom. The maximum absolute atomic E-state index is 6.24. The van der Waals surface area contributed by atoms with Crippen LogP contribution in [0.2, 0.25) is 5.02 Å². The van der Waals surface area contributed by atoms with Crippen LogP contribution in [0, 0.1) is 13.8 Å². The molecule has 0 heterocycles. The highest BCUT2D eigenvalue weighted by Crippen LogP contribution is 2.28. The van der Waals surface area contributed by atoms with Gasteiger partial charge in [-0.25, -0.2) is 0 Å². The third-order valence-corrected chi connectivity index (χ3v) is 3.79. The molecular weight excluding hydrogens is 270 g/mol. The third kappa shape index (κ3) is 3.33. The smallest absolute Gasteiger partial charge is 0.138 e. The monoisotopic (exact) mass is 289 g/mol. The van der Waals surface area contributed by atoms with Crippen LogP contribution in [-0.4, -0.2) is 0 Å². The number of rotatable bonds is 4. The first kappa shape index (κ1) is 14.9. The van der Waals surface area contributed by atoms with Gasteiger partial charge in [-0.2, -0.15) is 0 Å². The molecule has 0 radical (unpaired) electrons. The highest BCUT2D eigenvalue weighted by molar-refractivity contribution is 6.32. The van der Waals surface area contributed by atoms with E-state index >= 15 is 0 Å². The molecule has 0 saturated heterocycles. The van der Waals surface area contributed by atoms with Crippen LogP contribution in [0.5, 0.6) is 5.75 Å². The summed E-state index contributed by atoms with van der Waals surface area (Å²) in [4.78, 5) is 0. The molecule has 0 aliphatic carbocycles. The van der Waals surface area contributed by atoms with Gasteiger partial charge in [-0.05, 0) is 55.2 Å². The molecule has 0 unspecified atom stereocenters. The Kier molecular flexibility index (Phi) is 4.69. The first-order chi connectivity index (χ1) is 9.49. The van der Waals surface area contributed by atoms with Crippen molar-refractivity contribution in [3.05, 3.63) is 63.7 Å². The van der Waals surface area contributed by atoms with Gasteiger partial charge in [0.15, 0.2) is 0 Å². The van der Waals surface area contributed by atoms with E-state index in [1.165, 1.54) is 16.7 Å². The van der Waals surface area contributed by atoms with Crippen LogP contribution < -0.4 is 10.5 Å². The van der Waals surface area contributed by atoms with E-state index < -0.39 is 0 Å². The molecule has 2 rings (SSSR count). The van der Waals surface area contributed by atoms with Crippen molar-refractivity contribution in [3.63, 3.8) is 0 Å². The fraction of sp³-hybridized carbons (Fsp3) is 0.294. The number of ether oxygens (including phenoxy) is 1. The van der Waals surface area contributed by atoms with Crippen molar-refractivity contribution in [2.24, 2.45) is 5.73 Å². The lowest BCUT2D eigenvalue weighted by Gasteiger charge is -2.14.